The van der Waals surface area contributed by atoms with Gasteiger partial charge in [-0.05, 0) is 6.92 Å². The highest BCUT2D eigenvalue weighted by Crippen LogP contribution is 2.29. The van der Waals surface area contributed by atoms with Crippen LogP contribution in [0, 0.1) is 0 Å². The molecule has 1 aromatic rings. The van der Waals surface area contributed by atoms with Crippen LogP contribution >= 0.6 is 0 Å². The first-order chi connectivity index (χ1) is 9.55. The molecule has 0 fully saturated rings. The number of pyridine rings is 1. The van der Waals surface area contributed by atoms with Crippen LogP contribution in [0.1, 0.15) is 33.4 Å². The molecule has 21 heavy (non-hydrogen) atoms. The summed E-state index contributed by atoms with van der Waals surface area (Å²) >= 11 is 0. The quantitative estimate of drug-likeness (QED) is 0.743. The Morgan fingerprint density at radius 3 is 2.48 bits per heavy atom. The van der Waals surface area contributed by atoms with Crippen LogP contribution in [0.25, 0.3) is 0 Å². The second-order valence-electron chi connectivity index (χ2n) is 5.89. The van der Waals surface area contributed by atoms with Gasteiger partial charge in [0.25, 0.3) is 6.47 Å². The first kappa shape index (κ1) is 17.4. The maximum absolute atomic E-state index is 11.9. The summed E-state index contributed by atoms with van der Waals surface area (Å²) in [4.78, 5) is 14.6. The summed E-state index contributed by atoms with van der Waals surface area (Å²) in [5.74, 6) is 0.324. The van der Waals surface area contributed by atoms with Gasteiger partial charge in [0.15, 0.2) is 9.84 Å². The molecule has 0 saturated heterocycles. The zero-order valence-electron chi connectivity index (χ0n) is 12.9. The molecule has 1 heterocycles. The van der Waals surface area contributed by atoms with Crippen molar-refractivity contribution in [3.05, 3.63) is 18.0 Å². The Labute approximate surface area is 125 Å². The van der Waals surface area contributed by atoms with Gasteiger partial charge < -0.3 is 9.47 Å². The molecule has 0 bridgehead atoms. The summed E-state index contributed by atoms with van der Waals surface area (Å²) in [5.41, 5.74) is 0.0970. The molecule has 0 aliphatic heterocycles. The number of carbonyl (C=O) groups is 1. The van der Waals surface area contributed by atoms with E-state index >= 15 is 0 Å². The summed E-state index contributed by atoms with van der Waals surface area (Å²) in [7, 11) is -3.42. The van der Waals surface area contributed by atoms with Gasteiger partial charge in [0, 0.05) is 17.7 Å². The molecule has 0 aliphatic rings. The molecule has 118 valence electrons. The van der Waals surface area contributed by atoms with Gasteiger partial charge in [-0.3, -0.25) is 9.78 Å². The molecule has 0 N–H and O–H groups in total. The third kappa shape index (κ3) is 5.00. The number of rotatable bonds is 6. The minimum Gasteiger partial charge on any atom is -0.488 e. The van der Waals surface area contributed by atoms with Crippen molar-refractivity contribution in [3.8, 4) is 5.75 Å². The minimum atomic E-state index is -3.42. The van der Waals surface area contributed by atoms with Crippen LogP contribution in [0.3, 0.4) is 0 Å². The smallest absolute Gasteiger partial charge is 0.293 e. The molecule has 0 spiro atoms. The van der Waals surface area contributed by atoms with Crippen LogP contribution < -0.4 is 4.74 Å². The fourth-order valence-corrected chi connectivity index (χ4v) is 2.74. The van der Waals surface area contributed by atoms with E-state index in [0.717, 1.165) is 6.26 Å². The monoisotopic (exact) mass is 315 g/mol. The lowest BCUT2D eigenvalue weighted by Crippen LogP contribution is -2.20. The number of nitrogens with zero attached hydrogens (tertiary/aromatic N) is 1. The number of hydrogen-bond donors (Lipinski definition) is 0. The van der Waals surface area contributed by atoms with Gasteiger partial charge in [0.2, 0.25) is 0 Å². The van der Waals surface area contributed by atoms with Gasteiger partial charge in [-0.1, -0.05) is 20.8 Å². The van der Waals surface area contributed by atoms with Crippen LogP contribution in [0.5, 0.6) is 5.75 Å². The van der Waals surface area contributed by atoms with Gasteiger partial charge in [-0.2, -0.15) is 0 Å². The Balaban J connectivity index is 3.09. The average Bonchev–Trinajstić information content (AvgIpc) is 2.34. The molecule has 6 nitrogen and oxygen atoms in total. The summed E-state index contributed by atoms with van der Waals surface area (Å²) in [6, 6.07) is 1.45. The Morgan fingerprint density at radius 2 is 2.00 bits per heavy atom. The van der Waals surface area contributed by atoms with Gasteiger partial charge in [-0.15, -0.1) is 0 Å². The van der Waals surface area contributed by atoms with E-state index in [9.17, 15) is 13.2 Å². The van der Waals surface area contributed by atoms with E-state index in [0.29, 0.717) is 17.9 Å². The molecule has 1 aromatic heterocycles. The molecule has 1 rings (SSSR count). The minimum absolute atomic E-state index is 0.123. The highest BCUT2D eigenvalue weighted by atomic mass is 32.2. The van der Waals surface area contributed by atoms with Crippen molar-refractivity contribution in [2.45, 2.75) is 44.1 Å². The predicted molar refractivity (Wildman–Crippen MR) is 78.2 cm³/mol. The number of ether oxygens (including phenoxy) is 2. The van der Waals surface area contributed by atoms with E-state index in [2.05, 4.69) is 4.98 Å². The van der Waals surface area contributed by atoms with E-state index in [1.54, 1.807) is 6.92 Å². The number of carbonyl (C=O) groups excluding carboxylic acids is 1. The average molecular weight is 315 g/mol. The zero-order valence-corrected chi connectivity index (χ0v) is 13.7. The molecule has 7 heteroatoms. The van der Waals surface area contributed by atoms with Crippen LogP contribution in [0.4, 0.5) is 0 Å². The van der Waals surface area contributed by atoms with Crippen LogP contribution in [0.2, 0.25) is 0 Å². The lowest BCUT2D eigenvalue weighted by Gasteiger charge is -2.21. The second kappa shape index (κ2) is 6.43. The molecular formula is C14H21NO5S. The summed E-state index contributed by atoms with van der Waals surface area (Å²) in [6.45, 7) is 7.82. The topological polar surface area (TPSA) is 82.6 Å². The largest absolute Gasteiger partial charge is 0.488 e. The number of sulfone groups is 1. The lowest BCUT2D eigenvalue weighted by atomic mass is 9.91. The Bertz CT molecular complexity index is 604. The van der Waals surface area contributed by atoms with Gasteiger partial charge >= 0.3 is 0 Å². The van der Waals surface area contributed by atoms with Crippen molar-refractivity contribution in [2.75, 3.05) is 12.9 Å². The molecule has 1 atom stereocenters. The summed E-state index contributed by atoms with van der Waals surface area (Å²) in [6.07, 6.45) is 2.19. The zero-order chi connectivity index (χ0) is 16.3. The van der Waals surface area contributed by atoms with E-state index < -0.39 is 21.4 Å². The standard InChI is InChI=1S/C14H21NO5S/c1-10(20-9-16)8-19-11-6-12(21(5,17)18)13(15-7-11)14(2,3)4/h6-7,9-10H,8H2,1-5H3. The van der Waals surface area contributed by atoms with E-state index in [1.807, 2.05) is 20.8 Å². The van der Waals surface area contributed by atoms with Crippen molar-refractivity contribution in [1.82, 2.24) is 4.98 Å². The SMILES string of the molecule is CC(COc1cnc(C(C)(C)C)c(S(C)(=O)=O)c1)OC=O. The third-order valence-electron chi connectivity index (χ3n) is 2.71. The molecule has 0 aromatic carbocycles. The Kier molecular flexibility index (Phi) is 5.33. The fourth-order valence-electron chi connectivity index (χ4n) is 1.70. The van der Waals surface area contributed by atoms with Crippen LogP contribution in [0.15, 0.2) is 17.2 Å². The maximum Gasteiger partial charge on any atom is 0.293 e. The number of aromatic nitrogens is 1. The van der Waals surface area contributed by atoms with Crippen molar-refractivity contribution in [3.63, 3.8) is 0 Å². The van der Waals surface area contributed by atoms with Crippen molar-refractivity contribution in [2.24, 2.45) is 0 Å². The normalized spacial score (nSPS) is 13.6. The van der Waals surface area contributed by atoms with Gasteiger partial charge in [0.05, 0.1) is 16.8 Å². The molecule has 0 saturated carbocycles. The maximum atomic E-state index is 11.9. The first-order valence-corrected chi connectivity index (χ1v) is 8.37. The molecule has 0 radical (unpaired) electrons. The third-order valence-corrected chi connectivity index (χ3v) is 3.82. The van der Waals surface area contributed by atoms with E-state index in [4.69, 9.17) is 9.47 Å². The predicted octanol–water partition coefficient (Wildman–Crippen LogP) is 1.72. The Morgan fingerprint density at radius 1 is 1.38 bits per heavy atom. The van der Waals surface area contributed by atoms with Gasteiger partial charge in [-0.25, -0.2) is 8.42 Å². The van der Waals surface area contributed by atoms with Crippen molar-refractivity contribution < 1.29 is 22.7 Å². The van der Waals surface area contributed by atoms with Gasteiger partial charge in [0.1, 0.15) is 18.5 Å². The highest BCUT2D eigenvalue weighted by Gasteiger charge is 2.25. The second-order valence-corrected chi connectivity index (χ2v) is 7.88. The van der Waals surface area contributed by atoms with Crippen LogP contribution in [-0.4, -0.2) is 38.8 Å². The van der Waals surface area contributed by atoms with E-state index in [-0.39, 0.29) is 11.5 Å². The summed E-state index contributed by atoms with van der Waals surface area (Å²) in [5, 5.41) is 0. The van der Waals surface area contributed by atoms with Crippen molar-refractivity contribution in [1.29, 1.82) is 0 Å². The fraction of sp³-hybridized carbons (Fsp3) is 0.571. The molecular weight excluding hydrogens is 294 g/mol. The lowest BCUT2D eigenvalue weighted by molar-refractivity contribution is -0.134. The molecule has 1 unspecified atom stereocenters. The Hall–Kier alpha value is -1.63. The highest BCUT2D eigenvalue weighted by molar-refractivity contribution is 7.90. The van der Waals surface area contributed by atoms with Crippen LogP contribution in [-0.2, 0) is 24.8 Å². The first-order valence-electron chi connectivity index (χ1n) is 6.48. The van der Waals surface area contributed by atoms with Crippen molar-refractivity contribution >= 4 is 16.3 Å². The molecule has 0 amide bonds. The summed E-state index contributed by atoms with van der Waals surface area (Å²) < 4.78 is 34.0. The molecule has 0 aliphatic carbocycles. The number of hydrogen-bond acceptors (Lipinski definition) is 6. The van der Waals surface area contributed by atoms with E-state index in [1.165, 1.54) is 12.3 Å².